The Labute approximate surface area is 225 Å². The highest BCUT2D eigenvalue weighted by Gasteiger charge is 2.53. The number of nitrogens with one attached hydrogen (secondary N) is 1. The summed E-state index contributed by atoms with van der Waals surface area (Å²) in [6, 6.07) is 12.3. The standard InChI is InChI=1S/C30H30FN5O3/c1-17(22-6-5-7-23-25(31)15-39-26(22)23)32-28-24-14-36(21-10-8-20(9-11-21)18(2)37)29(38)30(12-13-35(4)16-30)27(24)33-19(3)34-28/h5-11,15,17H,12-14,16H2,1-4H3,(H,32,33,34)/t17-,30?/m1/s1. The van der Waals surface area contributed by atoms with E-state index >= 15 is 0 Å². The van der Waals surface area contributed by atoms with Crippen LogP contribution in [0.25, 0.3) is 11.0 Å². The van der Waals surface area contributed by atoms with Gasteiger partial charge in [-0.3, -0.25) is 9.59 Å². The smallest absolute Gasteiger partial charge is 0.240 e. The monoisotopic (exact) mass is 527 g/mol. The third-order valence-electron chi connectivity index (χ3n) is 7.99. The summed E-state index contributed by atoms with van der Waals surface area (Å²) in [7, 11) is 2.01. The molecule has 39 heavy (non-hydrogen) atoms. The van der Waals surface area contributed by atoms with Gasteiger partial charge in [-0.05, 0) is 71.1 Å². The number of likely N-dealkylation sites (tertiary alicyclic amines) is 1. The van der Waals surface area contributed by atoms with Gasteiger partial charge in [0.15, 0.2) is 11.6 Å². The van der Waals surface area contributed by atoms with Gasteiger partial charge in [0.2, 0.25) is 5.91 Å². The number of amides is 1. The van der Waals surface area contributed by atoms with Gasteiger partial charge in [0, 0.05) is 28.9 Å². The quantitative estimate of drug-likeness (QED) is 0.358. The summed E-state index contributed by atoms with van der Waals surface area (Å²) in [5, 5.41) is 3.96. The summed E-state index contributed by atoms with van der Waals surface area (Å²) in [5.74, 6) is 0.795. The molecule has 1 N–H and O–H groups in total. The Bertz CT molecular complexity index is 1620. The first-order valence-corrected chi connectivity index (χ1v) is 13.1. The lowest BCUT2D eigenvalue weighted by molar-refractivity contribution is -0.124. The number of hydrogen-bond acceptors (Lipinski definition) is 7. The van der Waals surface area contributed by atoms with Crippen LogP contribution in [0.4, 0.5) is 15.9 Å². The molecule has 0 saturated carbocycles. The number of ketones is 1. The summed E-state index contributed by atoms with van der Waals surface area (Å²) in [6.07, 6.45) is 1.77. The van der Waals surface area contributed by atoms with Gasteiger partial charge >= 0.3 is 0 Å². The highest BCUT2D eigenvalue weighted by Crippen LogP contribution is 2.44. The maximum Gasteiger partial charge on any atom is 0.240 e. The molecule has 2 aliphatic heterocycles. The van der Waals surface area contributed by atoms with Crippen LogP contribution in [0.15, 0.2) is 53.1 Å². The summed E-state index contributed by atoms with van der Waals surface area (Å²) in [4.78, 5) is 39.6. The van der Waals surface area contributed by atoms with Crippen LogP contribution in [-0.4, -0.2) is 46.7 Å². The van der Waals surface area contributed by atoms with Crippen LogP contribution in [0.2, 0.25) is 0 Å². The van der Waals surface area contributed by atoms with Gasteiger partial charge in [0.1, 0.15) is 28.9 Å². The van der Waals surface area contributed by atoms with Crippen LogP contribution < -0.4 is 10.2 Å². The predicted octanol–water partition coefficient (Wildman–Crippen LogP) is 5.17. The number of fused-ring (bicyclic) bond motifs is 3. The van der Waals surface area contributed by atoms with Crippen LogP contribution in [0.3, 0.4) is 0 Å². The van der Waals surface area contributed by atoms with E-state index in [0.29, 0.717) is 41.1 Å². The molecule has 8 nitrogen and oxygen atoms in total. The van der Waals surface area contributed by atoms with E-state index in [1.54, 1.807) is 23.1 Å². The van der Waals surface area contributed by atoms with Crippen molar-refractivity contribution in [3.05, 3.63) is 82.8 Å². The summed E-state index contributed by atoms with van der Waals surface area (Å²) >= 11 is 0. The number of carbonyl (C=O) groups is 2. The number of rotatable bonds is 5. The first-order valence-electron chi connectivity index (χ1n) is 13.1. The number of Topliss-reactive ketones (excluding diaryl/α,β-unsaturated/α-hetero) is 1. The summed E-state index contributed by atoms with van der Waals surface area (Å²) < 4.78 is 19.8. The third kappa shape index (κ3) is 4.08. The lowest BCUT2D eigenvalue weighted by Crippen LogP contribution is -2.53. The molecular formula is C30H30FN5O3. The van der Waals surface area contributed by atoms with E-state index in [0.717, 1.165) is 35.3 Å². The van der Waals surface area contributed by atoms with Gasteiger partial charge in [-0.1, -0.05) is 12.1 Å². The number of aryl methyl sites for hydroxylation is 1. The molecule has 1 saturated heterocycles. The molecule has 1 spiro atoms. The zero-order valence-electron chi connectivity index (χ0n) is 22.4. The Hall–Kier alpha value is -4.11. The maximum atomic E-state index is 14.2. The van der Waals surface area contributed by atoms with Crippen molar-refractivity contribution in [1.82, 2.24) is 14.9 Å². The van der Waals surface area contributed by atoms with Crippen molar-refractivity contribution in [3.63, 3.8) is 0 Å². The van der Waals surface area contributed by atoms with E-state index in [1.165, 1.54) is 6.92 Å². The van der Waals surface area contributed by atoms with Crippen molar-refractivity contribution in [1.29, 1.82) is 0 Å². The Kier molecular flexibility index (Phi) is 5.99. The number of nitrogens with zero attached hydrogens (tertiary/aromatic N) is 4. The van der Waals surface area contributed by atoms with E-state index in [4.69, 9.17) is 14.4 Å². The number of furan rings is 1. The number of aromatic nitrogens is 2. The third-order valence-corrected chi connectivity index (χ3v) is 7.99. The molecule has 6 rings (SSSR count). The van der Waals surface area contributed by atoms with Crippen LogP contribution in [0.1, 0.15) is 59.3 Å². The van der Waals surface area contributed by atoms with Gasteiger partial charge < -0.3 is 19.5 Å². The van der Waals surface area contributed by atoms with Crippen LogP contribution in [-0.2, 0) is 16.8 Å². The number of benzene rings is 2. The average molecular weight is 528 g/mol. The number of halogens is 1. The number of para-hydroxylation sites is 1. The number of hydrogen-bond donors (Lipinski definition) is 1. The molecule has 0 bridgehead atoms. The van der Waals surface area contributed by atoms with Crippen molar-refractivity contribution in [2.45, 2.75) is 45.2 Å². The zero-order chi connectivity index (χ0) is 27.5. The van der Waals surface area contributed by atoms with Crippen molar-refractivity contribution in [2.24, 2.45) is 0 Å². The second kappa shape index (κ2) is 9.27. The zero-order valence-corrected chi connectivity index (χ0v) is 22.4. The van der Waals surface area contributed by atoms with E-state index < -0.39 is 11.2 Å². The van der Waals surface area contributed by atoms with Crippen molar-refractivity contribution in [3.8, 4) is 0 Å². The fourth-order valence-electron chi connectivity index (χ4n) is 5.98. The molecular weight excluding hydrogens is 497 g/mol. The van der Waals surface area contributed by atoms with Crippen LogP contribution in [0, 0.1) is 12.7 Å². The average Bonchev–Trinajstić information content (AvgIpc) is 3.50. The molecule has 9 heteroatoms. The summed E-state index contributed by atoms with van der Waals surface area (Å²) in [6.45, 7) is 6.95. The molecule has 0 radical (unpaired) electrons. The largest absolute Gasteiger partial charge is 0.461 e. The molecule has 2 aliphatic rings. The van der Waals surface area contributed by atoms with E-state index in [1.807, 2.05) is 45.2 Å². The molecule has 0 aliphatic carbocycles. The van der Waals surface area contributed by atoms with Crippen LogP contribution >= 0.6 is 0 Å². The van der Waals surface area contributed by atoms with Gasteiger partial charge in [0.25, 0.3) is 0 Å². The van der Waals surface area contributed by atoms with E-state index in [-0.39, 0.29) is 24.3 Å². The number of likely N-dealkylation sites (N-methyl/N-ethyl adjacent to an activating group) is 1. The highest BCUT2D eigenvalue weighted by molar-refractivity contribution is 6.04. The molecule has 2 aromatic carbocycles. The lowest BCUT2D eigenvalue weighted by Gasteiger charge is -2.41. The molecule has 200 valence electrons. The SMILES string of the molecule is CC(=O)c1ccc(N2Cc3c(N[C@H](C)c4cccc5c(F)coc45)nc(C)nc3C3(CCN(C)C3)C2=O)cc1. The normalized spacial score (nSPS) is 20.0. The first kappa shape index (κ1) is 25.2. The molecule has 4 aromatic rings. The predicted molar refractivity (Wildman–Crippen MR) is 146 cm³/mol. The van der Waals surface area contributed by atoms with Gasteiger partial charge in [-0.15, -0.1) is 0 Å². The van der Waals surface area contributed by atoms with Gasteiger partial charge in [0.05, 0.1) is 23.7 Å². The maximum absolute atomic E-state index is 14.2. The second-order valence-electron chi connectivity index (χ2n) is 10.7. The molecule has 1 unspecified atom stereocenters. The minimum atomic E-state index is -0.806. The highest BCUT2D eigenvalue weighted by atomic mass is 19.1. The molecule has 4 heterocycles. The van der Waals surface area contributed by atoms with Gasteiger partial charge in [-0.25, -0.2) is 14.4 Å². The topological polar surface area (TPSA) is 91.6 Å². The molecule has 2 atom stereocenters. The molecule has 2 aromatic heterocycles. The van der Waals surface area contributed by atoms with E-state index in [9.17, 15) is 14.0 Å². The van der Waals surface area contributed by atoms with Crippen molar-refractivity contribution in [2.75, 3.05) is 30.4 Å². The number of carbonyl (C=O) groups excluding carboxylic acids is 2. The Morgan fingerprint density at radius 1 is 1.18 bits per heavy atom. The lowest BCUT2D eigenvalue weighted by atomic mass is 9.76. The fraction of sp³-hybridized carbons (Fsp3) is 0.333. The van der Waals surface area contributed by atoms with Crippen LogP contribution in [0.5, 0.6) is 0 Å². The minimum Gasteiger partial charge on any atom is -0.461 e. The Morgan fingerprint density at radius 3 is 2.64 bits per heavy atom. The number of anilines is 2. The molecule has 1 amide bonds. The summed E-state index contributed by atoms with van der Waals surface area (Å²) in [5.41, 5.74) is 3.43. The van der Waals surface area contributed by atoms with Crippen molar-refractivity contribution >= 4 is 34.2 Å². The van der Waals surface area contributed by atoms with Gasteiger partial charge in [-0.2, -0.15) is 0 Å². The first-order chi connectivity index (χ1) is 18.7. The fourth-order valence-corrected chi connectivity index (χ4v) is 5.98. The Morgan fingerprint density at radius 2 is 1.95 bits per heavy atom. The Balaban J connectivity index is 1.45. The second-order valence-corrected chi connectivity index (χ2v) is 10.7. The van der Waals surface area contributed by atoms with E-state index in [2.05, 4.69) is 10.2 Å². The van der Waals surface area contributed by atoms with Crippen molar-refractivity contribution < 1.29 is 18.4 Å². The molecule has 1 fully saturated rings. The minimum absolute atomic E-state index is 0.00264.